The van der Waals surface area contributed by atoms with E-state index in [2.05, 4.69) is 24.9 Å². The second-order valence-electron chi connectivity index (χ2n) is 20.5. The monoisotopic (exact) mass is 990 g/mol. The number of nitrogens with zero attached hydrogens (tertiary/aromatic N) is 2. The van der Waals surface area contributed by atoms with Gasteiger partial charge in [-0.05, 0) is 104 Å². The third-order valence-electron chi connectivity index (χ3n) is 15.3. The molecule has 2 aliphatic heterocycles. The van der Waals surface area contributed by atoms with E-state index in [9.17, 15) is 15.0 Å². The van der Waals surface area contributed by atoms with E-state index in [-0.39, 0.29) is 75.8 Å². The van der Waals surface area contributed by atoms with Crippen LogP contribution in [0.5, 0.6) is 23.0 Å². The first-order valence-corrected chi connectivity index (χ1v) is 27.3. The van der Waals surface area contributed by atoms with Crippen molar-refractivity contribution in [2.24, 2.45) is 28.8 Å². The van der Waals surface area contributed by atoms with Crippen LogP contribution in [0.2, 0.25) is 0 Å². The highest BCUT2D eigenvalue weighted by Crippen LogP contribution is 2.62. The number of hydrogen-bond acceptors (Lipinski definition) is 11. The molecule has 8 rings (SSSR count). The minimum atomic E-state index is -1.43. The molecule has 2 heterocycles. The summed E-state index contributed by atoms with van der Waals surface area (Å²) >= 11 is 0. The number of aliphatic hydroxyl groups excluding tert-OH is 2. The standard InChI is InChI=1S/C59H79N3O10/c1-3-5-6-7-8-9-10-11-12-18-31-60-58(66)71-46-28-30-51-49(37-46)55-47(24-17-20-33-64)45(23-16-19-32-63)36-48-50(61-70-40-42-21-14-13-15-22-42)38-54(59(72-51,56(48)55)69-34-4-2)62(57(65)44-26-27-44)39-43-25-29-52-53(35-43)68-41-67-52/h4,13-15,21-22,25,28-30,35-37,44-45,47,54-56,63-64H,2-3,5-12,16-20,23-24,26-27,31-34,38-41H2,1H3,(H,60,66)/t45-,47+,54-,55+,56+,59+/m0/s1. The smallest absolute Gasteiger partial charge is 0.412 e. The van der Waals surface area contributed by atoms with Crippen LogP contribution in [-0.4, -0.2) is 77.8 Å². The summed E-state index contributed by atoms with van der Waals surface area (Å²) in [4.78, 5) is 36.8. The average molecular weight is 990 g/mol. The number of oxime groups is 1. The van der Waals surface area contributed by atoms with E-state index >= 15 is 4.79 Å². The summed E-state index contributed by atoms with van der Waals surface area (Å²) in [6.07, 6.45) is 22.0. The average Bonchev–Trinajstić information content (AvgIpc) is 4.14. The Morgan fingerprint density at radius 1 is 0.833 bits per heavy atom. The van der Waals surface area contributed by atoms with Crippen molar-refractivity contribution >= 4 is 17.7 Å². The van der Waals surface area contributed by atoms with Crippen molar-refractivity contribution in [1.29, 1.82) is 0 Å². The summed E-state index contributed by atoms with van der Waals surface area (Å²) in [6, 6.07) is 20.7. The molecule has 13 heteroatoms. The number of fused-ring (bicyclic) bond motifs is 3. The van der Waals surface area contributed by atoms with Gasteiger partial charge in [0.15, 0.2) is 11.5 Å². The molecule has 3 aliphatic carbocycles. The van der Waals surface area contributed by atoms with Gasteiger partial charge in [0.2, 0.25) is 18.5 Å². The number of hydrogen-bond donors (Lipinski definition) is 3. The number of aliphatic hydroxyl groups is 2. The van der Waals surface area contributed by atoms with Crippen LogP contribution in [0.25, 0.3) is 0 Å². The van der Waals surface area contributed by atoms with Crippen LogP contribution in [-0.2, 0) is 27.5 Å². The maximum atomic E-state index is 15.1. The molecule has 2 amide bonds. The number of unbranched alkanes of at least 4 members (excludes halogenated alkanes) is 11. The zero-order valence-electron chi connectivity index (χ0n) is 42.6. The van der Waals surface area contributed by atoms with Gasteiger partial charge in [-0.3, -0.25) is 4.79 Å². The molecule has 3 aromatic rings. The molecule has 0 bridgehead atoms. The number of carbonyl (C=O) groups excluding carboxylic acids is 2. The molecule has 3 aromatic carbocycles. The number of nitrogens with one attached hydrogen (secondary N) is 1. The summed E-state index contributed by atoms with van der Waals surface area (Å²) < 4.78 is 32.3. The van der Waals surface area contributed by atoms with Gasteiger partial charge in [0.05, 0.1) is 18.2 Å². The van der Waals surface area contributed by atoms with E-state index in [0.717, 1.165) is 85.8 Å². The van der Waals surface area contributed by atoms with E-state index in [1.54, 1.807) is 12.1 Å². The third-order valence-corrected chi connectivity index (χ3v) is 15.3. The summed E-state index contributed by atoms with van der Waals surface area (Å²) in [5.41, 5.74) is 4.39. The van der Waals surface area contributed by atoms with Crippen LogP contribution in [0.4, 0.5) is 4.79 Å². The molecule has 0 unspecified atom stereocenters. The highest BCUT2D eigenvalue weighted by molar-refractivity contribution is 6.03. The van der Waals surface area contributed by atoms with Crippen molar-refractivity contribution in [3.05, 3.63) is 108 Å². The SMILES string of the molecule is C=CCO[C@@]12Oc3ccc(OC(=O)NCCCCCCCCCCCC)cc3[C@H]3[C@H](CCCCO)[C@@H](CCCCO)C=C(C(=NOCc4ccccc4)C[C@@H]1N(Cc1ccc4c(c1)OCO4)C(=O)C1CC1)[C@H]32. The number of allylic oxidation sites excluding steroid dienone is 1. The molecule has 0 spiro atoms. The molecule has 3 N–H and O–H groups in total. The Morgan fingerprint density at radius 3 is 2.29 bits per heavy atom. The first-order valence-electron chi connectivity index (χ1n) is 27.3. The quantitative estimate of drug-likeness (QED) is 0.0334. The Hall–Kier alpha value is -5.37. The lowest BCUT2D eigenvalue weighted by Crippen LogP contribution is -2.70. The van der Waals surface area contributed by atoms with Gasteiger partial charge in [-0.1, -0.05) is 131 Å². The van der Waals surface area contributed by atoms with Crippen LogP contribution < -0.4 is 24.3 Å². The van der Waals surface area contributed by atoms with E-state index < -0.39 is 23.8 Å². The Labute approximate surface area is 427 Å². The first-order chi connectivity index (χ1) is 35.4. The van der Waals surface area contributed by atoms with E-state index in [4.69, 9.17) is 33.7 Å². The fraction of sp³-hybridized carbons (Fsp3) is 0.576. The Kier molecular flexibility index (Phi) is 19.5. The molecule has 0 radical (unpaired) electrons. The number of benzene rings is 3. The van der Waals surface area contributed by atoms with Crippen LogP contribution >= 0.6 is 0 Å². The second-order valence-corrected chi connectivity index (χ2v) is 20.5. The van der Waals surface area contributed by atoms with Crippen molar-refractivity contribution in [2.45, 2.75) is 160 Å². The number of carbonyl (C=O) groups is 2. The largest absolute Gasteiger partial charge is 0.459 e. The van der Waals surface area contributed by atoms with Gasteiger partial charge in [-0.15, -0.1) is 6.58 Å². The van der Waals surface area contributed by atoms with Crippen LogP contribution in [0.15, 0.2) is 96.2 Å². The maximum Gasteiger partial charge on any atom is 0.412 e. The number of amides is 2. The Balaban J connectivity index is 1.17. The minimum Gasteiger partial charge on any atom is -0.459 e. The van der Waals surface area contributed by atoms with Gasteiger partial charge in [0.25, 0.3) is 0 Å². The molecular formula is C59H79N3O10. The molecule has 0 saturated heterocycles. The van der Waals surface area contributed by atoms with Gasteiger partial charge in [0, 0.05) is 50.1 Å². The van der Waals surface area contributed by atoms with Gasteiger partial charge in [-0.25, -0.2) is 4.79 Å². The molecule has 390 valence electrons. The zero-order chi connectivity index (χ0) is 50.1. The van der Waals surface area contributed by atoms with Crippen molar-refractivity contribution in [2.75, 3.05) is 33.2 Å². The third kappa shape index (κ3) is 13.2. The predicted octanol–water partition coefficient (Wildman–Crippen LogP) is 11.7. The zero-order valence-corrected chi connectivity index (χ0v) is 42.6. The van der Waals surface area contributed by atoms with Gasteiger partial charge in [0.1, 0.15) is 24.1 Å². The number of ether oxygens (including phenoxy) is 5. The summed E-state index contributed by atoms with van der Waals surface area (Å²) in [5, 5.41) is 28.1. The summed E-state index contributed by atoms with van der Waals surface area (Å²) in [6.45, 7) is 7.83. The Bertz CT molecular complexity index is 2300. The minimum absolute atomic E-state index is 0.00504. The lowest BCUT2D eigenvalue weighted by Gasteiger charge is -2.60. The fourth-order valence-corrected chi connectivity index (χ4v) is 11.6. The van der Waals surface area contributed by atoms with Crippen molar-refractivity contribution in [3.63, 3.8) is 0 Å². The molecule has 13 nitrogen and oxygen atoms in total. The highest BCUT2D eigenvalue weighted by atomic mass is 16.7. The van der Waals surface area contributed by atoms with Crippen molar-refractivity contribution in [3.8, 4) is 23.0 Å². The van der Waals surface area contributed by atoms with Crippen LogP contribution in [0.1, 0.15) is 152 Å². The molecule has 0 aromatic heterocycles. The summed E-state index contributed by atoms with van der Waals surface area (Å²) in [5.74, 6) is -0.00978. The fourth-order valence-electron chi connectivity index (χ4n) is 11.6. The normalized spacial score (nSPS) is 23.1. The lowest BCUT2D eigenvalue weighted by atomic mass is 9.55. The van der Waals surface area contributed by atoms with Crippen LogP contribution in [0, 0.1) is 23.7 Å². The van der Waals surface area contributed by atoms with E-state index in [1.165, 1.54) is 44.9 Å². The molecule has 72 heavy (non-hydrogen) atoms. The second kappa shape index (κ2) is 26.5. The molecule has 6 atom stereocenters. The first kappa shape index (κ1) is 52.9. The van der Waals surface area contributed by atoms with Crippen molar-refractivity contribution < 1.29 is 48.3 Å². The maximum absolute atomic E-state index is 15.1. The van der Waals surface area contributed by atoms with Gasteiger partial charge in [-0.2, -0.15) is 0 Å². The van der Waals surface area contributed by atoms with Crippen molar-refractivity contribution in [1.82, 2.24) is 10.2 Å². The summed E-state index contributed by atoms with van der Waals surface area (Å²) in [7, 11) is 0. The number of rotatable bonds is 30. The molecule has 5 aliphatic rings. The topological polar surface area (TPSA) is 158 Å². The van der Waals surface area contributed by atoms with Gasteiger partial charge >= 0.3 is 6.09 Å². The molecule has 2 saturated carbocycles. The highest BCUT2D eigenvalue weighted by Gasteiger charge is 2.66. The Morgan fingerprint density at radius 2 is 1.56 bits per heavy atom. The van der Waals surface area contributed by atoms with Crippen LogP contribution in [0.3, 0.4) is 0 Å². The van der Waals surface area contributed by atoms with Gasteiger partial charge < -0.3 is 49.0 Å². The van der Waals surface area contributed by atoms with E-state index in [0.29, 0.717) is 42.4 Å². The molecular weight excluding hydrogens is 911 g/mol. The van der Waals surface area contributed by atoms with E-state index in [1.807, 2.05) is 65.6 Å². The lowest BCUT2D eigenvalue weighted by molar-refractivity contribution is -0.258. The molecule has 2 fully saturated rings. The predicted molar refractivity (Wildman–Crippen MR) is 278 cm³/mol.